The Bertz CT molecular complexity index is 2830. The standard InChI is InChI=1S/C48H31NO2/c1-3-11-32(12-4-1)33-19-21-34(22-20-33)35-23-25-37(26-24-35)49(38-27-28-41-40-15-7-9-17-44(40)50-46(41)31-38)43-30-29-39(36-13-5-2-6-14-36)47-42-16-8-10-18-45(42)51-48(43)47/h1-31H. The number of fused-ring (bicyclic) bond motifs is 6. The molecule has 10 rings (SSSR count). The van der Waals surface area contributed by atoms with E-state index in [1.165, 1.54) is 16.7 Å². The summed E-state index contributed by atoms with van der Waals surface area (Å²) >= 11 is 0. The number of nitrogens with zero attached hydrogens (tertiary/aromatic N) is 1. The summed E-state index contributed by atoms with van der Waals surface area (Å²) < 4.78 is 13.2. The molecule has 8 aromatic carbocycles. The molecule has 0 aliphatic rings. The Morgan fingerprint density at radius 1 is 0.333 bits per heavy atom. The average Bonchev–Trinajstić information content (AvgIpc) is 3.78. The minimum Gasteiger partial charge on any atom is -0.456 e. The van der Waals surface area contributed by atoms with Crippen molar-refractivity contribution in [2.45, 2.75) is 0 Å². The molecule has 10 aromatic rings. The molecule has 3 heteroatoms. The van der Waals surface area contributed by atoms with Gasteiger partial charge in [-0.1, -0.05) is 140 Å². The molecule has 0 saturated heterocycles. The Morgan fingerprint density at radius 3 is 1.53 bits per heavy atom. The van der Waals surface area contributed by atoms with Gasteiger partial charge in [0.15, 0.2) is 5.58 Å². The molecular weight excluding hydrogens is 623 g/mol. The molecule has 3 nitrogen and oxygen atoms in total. The highest BCUT2D eigenvalue weighted by atomic mass is 16.3. The number of hydrogen-bond acceptors (Lipinski definition) is 3. The molecule has 0 amide bonds. The third-order valence-electron chi connectivity index (χ3n) is 9.90. The molecule has 0 fully saturated rings. The number of anilines is 3. The largest absolute Gasteiger partial charge is 0.456 e. The van der Waals surface area contributed by atoms with Crippen LogP contribution in [-0.4, -0.2) is 0 Å². The van der Waals surface area contributed by atoms with Gasteiger partial charge >= 0.3 is 0 Å². The SMILES string of the molecule is c1ccc(-c2ccc(-c3ccc(N(c4ccc5c(c4)oc4ccccc45)c4ccc(-c5ccccc5)c5c4oc4ccccc45)cc3)cc2)cc1. The molecule has 0 spiro atoms. The van der Waals surface area contributed by atoms with E-state index in [1.54, 1.807) is 0 Å². The van der Waals surface area contributed by atoms with Crippen molar-refractivity contribution in [2.75, 3.05) is 4.90 Å². The van der Waals surface area contributed by atoms with Crippen LogP contribution in [0.1, 0.15) is 0 Å². The fraction of sp³-hybridized carbons (Fsp3) is 0. The van der Waals surface area contributed by atoms with E-state index in [1.807, 2.05) is 24.3 Å². The van der Waals surface area contributed by atoms with Gasteiger partial charge in [0, 0.05) is 33.3 Å². The van der Waals surface area contributed by atoms with Gasteiger partial charge < -0.3 is 13.7 Å². The second-order valence-corrected chi connectivity index (χ2v) is 12.9. The van der Waals surface area contributed by atoms with Crippen LogP contribution in [0.5, 0.6) is 0 Å². The minimum atomic E-state index is 0.836. The van der Waals surface area contributed by atoms with Crippen LogP contribution in [0, 0.1) is 0 Å². The zero-order valence-electron chi connectivity index (χ0n) is 27.7. The number of hydrogen-bond donors (Lipinski definition) is 0. The highest BCUT2D eigenvalue weighted by molar-refractivity contribution is 6.17. The van der Waals surface area contributed by atoms with E-state index in [9.17, 15) is 0 Å². The topological polar surface area (TPSA) is 29.5 Å². The fourth-order valence-electron chi connectivity index (χ4n) is 7.42. The van der Waals surface area contributed by atoms with Crippen molar-refractivity contribution in [1.82, 2.24) is 0 Å². The van der Waals surface area contributed by atoms with Crippen molar-refractivity contribution in [1.29, 1.82) is 0 Å². The first-order chi connectivity index (χ1) is 25.3. The molecule has 240 valence electrons. The molecule has 2 aromatic heterocycles. The summed E-state index contributed by atoms with van der Waals surface area (Å²) in [5, 5.41) is 4.39. The first-order valence-corrected chi connectivity index (χ1v) is 17.3. The van der Waals surface area contributed by atoms with Gasteiger partial charge in [-0.2, -0.15) is 0 Å². The molecule has 0 atom stereocenters. The summed E-state index contributed by atoms with van der Waals surface area (Å²) in [4.78, 5) is 2.29. The molecule has 0 saturated carbocycles. The van der Waals surface area contributed by atoms with Crippen molar-refractivity contribution in [3.05, 3.63) is 188 Å². The van der Waals surface area contributed by atoms with E-state index in [0.717, 1.165) is 77.6 Å². The van der Waals surface area contributed by atoms with Crippen LogP contribution >= 0.6 is 0 Å². The zero-order valence-corrected chi connectivity index (χ0v) is 27.7. The van der Waals surface area contributed by atoms with E-state index < -0.39 is 0 Å². The molecule has 0 unspecified atom stereocenters. The Labute approximate surface area is 295 Å². The highest BCUT2D eigenvalue weighted by Gasteiger charge is 2.23. The second kappa shape index (κ2) is 11.9. The predicted octanol–water partition coefficient (Wildman–Crippen LogP) is 14.0. The van der Waals surface area contributed by atoms with Crippen molar-refractivity contribution < 1.29 is 8.83 Å². The van der Waals surface area contributed by atoms with E-state index in [0.29, 0.717) is 0 Å². The average molecular weight is 654 g/mol. The first kappa shape index (κ1) is 29.1. The lowest BCUT2D eigenvalue weighted by molar-refractivity contribution is 0.667. The van der Waals surface area contributed by atoms with E-state index >= 15 is 0 Å². The Balaban J connectivity index is 1.15. The van der Waals surface area contributed by atoms with Gasteiger partial charge in [0.2, 0.25) is 0 Å². The van der Waals surface area contributed by atoms with Crippen molar-refractivity contribution in [3.63, 3.8) is 0 Å². The molecule has 51 heavy (non-hydrogen) atoms. The third-order valence-corrected chi connectivity index (χ3v) is 9.90. The van der Waals surface area contributed by atoms with Crippen LogP contribution in [-0.2, 0) is 0 Å². The van der Waals surface area contributed by atoms with E-state index in [2.05, 4.69) is 169 Å². The van der Waals surface area contributed by atoms with Gasteiger partial charge in [0.05, 0.1) is 11.4 Å². The summed E-state index contributed by atoms with van der Waals surface area (Å²) in [6.45, 7) is 0. The van der Waals surface area contributed by atoms with Crippen LogP contribution < -0.4 is 4.90 Å². The highest BCUT2D eigenvalue weighted by Crippen LogP contribution is 2.46. The first-order valence-electron chi connectivity index (χ1n) is 17.3. The van der Waals surface area contributed by atoms with Gasteiger partial charge in [-0.15, -0.1) is 0 Å². The van der Waals surface area contributed by atoms with Crippen LogP contribution in [0.15, 0.2) is 197 Å². The number of benzene rings is 8. The van der Waals surface area contributed by atoms with E-state index in [4.69, 9.17) is 8.83 Å². The molecule has 0 aliphatic heterocycles. The number of furan rings is 2. The van der Waals surface area contributed by atoms with Gasteiger partial charge in [-0.25, -0.2) is 0 Å². The molecular formula is C48H31NO2. The quantitative estimate of drug-likeness (QED) is 0.179. The molecule has 0 bridgehead atoms. The van der Waals surface area contributed by atoms with Gasteiger partial charge in [-0.3, -0.25) is 0 Å². The van der Waals surface area contributed by atoms with Crippen molar-refractivity contribution >= 4 is 60.9 Å². The maximum absolute atomic E-state index is 6.78. The fourth-order valence-corrected chi connectivity index (χ4v) is 7.42. The Hall–Kier alpha value is -6.84. The summed E-state index contributed by atoms with van der Waals surface area (Å²) in [5.41, 5.74) is 13.4. The minimum absolute atomic E-state index is 0.836. The summed E-state index contributed by atoms with van der Waals surface area (Å²) in [7, 11) is 0. The predicted molar refractivity (Wildman–Crippen MR) is 212 cm³/mol. The van der Waals surface area contributed by atoms with Gasteiger partial charge in [0.1, 0.15) is 16.7 Å². The second-order valence-electron chi connectivity index (χ2n) is 12.9. The van der Waals surface area contributed by atoms with E-state index in [-0.39, 0.29) is 0 Å². The lowest BCUT2D eigenvalue weighted by Crippen LogP contribution is -2.10. The van der Waals surface area contributed by atoms with Crippen LogP contribution in [0.25, 0.3) is 77.3 Å². The van der Waals surface area contributed by atoms with Crippen molar-refractivity contribution in [3.8, 4) is 33.4 Å². The monoisotopic (exact) mass is 653 g/mol. The maximum Gasteiger partial charge on any atom is 0.160 e. The molecule has 0 radical (unpaired) electrons. The smallest absolute Gasteiger partial charge is 0.160 e. The Kier molecular flexibility index (Phi) is 6.81. The lowest BCUT2D eigenvalue weighted by atomic mass is 9.98. The van der Waals surface area contributed by atoms with Crippen LogP contribution in [0.3, 0.4) is 0 Å². The van der Waals surface area contributed by atoms with Crippen molar-refractivity contribution in [2.24, 2.45) is 0 Å². The molecule has 2 heterocycles. The number of para-hydroxylation sites is 2. The third kappa shape index (κ3) is 4.98. The van der Waals surface area contributed by atoms with Crippen LogP contribution in [0.4, 0.5) is 17.1 Å². The summed E-state index contributed by atoms with van der Waals surface area (Å²) in [6.07, 6.45) is 0. The lowest BCUT2D eigenvalue weighted by Gasteiger charge is -2.26. The normalized spacial score (nSPS) is 11.5. The molecule has 0 N–H and O–H groups in total. The zero-order chi connectivity index (χ0) is 33.7. The summed E-state index contributed by atoms with van der Waals surface area (Å²) in [6, 6.07) is 66.1. The van der Waals surface area contributed by atoms with Gasteiger partial charge in [0.25, 0.3) is 0 Å². The number of rotatable bonds is 6. The Morgan fingerprint density at radius 2 is 0.843 bits per heavy atom. The van der Waals surface area contributed by atoms with Crippen LogP contribution in [0.2, 0.25) is 0 Å². The maximum atomic E-state index is 6.78. The van der Waals surface area contributed by atoms with Gasteiger partial charge in [-0.05, 0) is 75.8 Å². The molecule has 0 aliphatic carbocycles. The summed E-state index contributed by atoms with van der Waals surface area (Å²) in [5.74, 6) is 0.